The molecule has 1 saturated heterocycles. The van der Waals surface area contributed by atoms with Gasteiger partial charge < -0.3 is 14.4 Å². The summed E-state index contributed by atoms with van der Waals surface area (Å²) >= 11 is 0. The molecule has 33 heavy (non-hydrogen) atoms. The standard InChI is InChI=1S/C20H25F3N4O5S/c1-3-31-11-12-32-18-17(25-7-9-26(10-8-25)33(2,29)30)14-24-27(19(18)28)16-6-4-5-15(13-16)20(21,22)23/h4-6,13-14H,3,7-12H2,1-2H3. The molecule has 182 valence electrons. The van der Waals surface area contributed by atoms with Crippen molar-refractivity contribution in [2.45, 2.75) is 13.1 Å². The molecule has 3 rings (SSSR count). The molecule has 0 bridgehead atoms. The smallest absolute Gasteiger partial charge is 0.416 e. The SMILES string of the molecule is CCOCCOc1c(N2CCN(S(C)(=O)=O)CC2)cnn(-c2cccc(C(F)(F)F)c2)c1=O. The second-order valence-electron chi connectivity index (χ2n) is 7.32. The van der Waals surface area contributed by atoms with Gasteiger partial charge in [0.05, 0.1) is 30.3 Å². The Morgan fingerprint density at radius 3 is 2.42 bits per heavy atom. The quantitative estimate of drug-likeness (QED) is 0.521. The fourth-order valence-electron chi connectivity index (χ4n) is 3.40. The highest BCUT2D eigenvalue weighted by Gasteiger charge is 2.31. The number of piperazine rings is 1. The first kappa shape index (κ1) is 25.0. The maximum atomic E-state index is 13.2. The lowest BCUT2D eigenvalue weighted by atomic mass is 10.2. The van der Waals surface area contributed by atoms with Crippen molar-refractivity contribution in [2.75, 3.05) is 57.2 Å². The summed E-state index contributed by atoms with van der Waals surface area (Å²) in [5.41, 5.74) is -1.35. The van der Waals surface area contributed by atoms with Gasteiger partial charge in [0.15, 0.2) is 0 Å². The van der Waals surface area contributed by atoms with Crippen molar-refractivity contribution in [3.63, 3.8) is 0 Å². The van der Waals surface area contributed by atoms with E-state index in [-0.39, 0.29) is 37.7 Å². The summed E-state index contributed by atoms with van der Waals surface area (Å²) in [6.45, 7) is 3.54. The van der Waals surface area contributed by atoms with Gasteiger partial charge in [0, 0.05) is 32.8 Å². The summed E-state index contributed by atoms with van der Waals surface area (Å²) in [5, 5.41) is 4.07. The average Bonchev–Trinajstić information content (AvgIpc) is 2.76. The summed E-state index contributed by atoms with van der Waals surface area (Å²) in [7, 11) is -3.34. The van der Waals surface area contributed by atoms with E-state index in [0.717, 1.165) is 23.1 Å². The van der Waals surface area contributed by atoms with Crippen molar-refractivity contribution in [3.05, 3.63) is 46.4 Å². The summed E-state index contributed by atoms with van der Waals surface area (Å²) in [4.78, 5) is 15.0. The van der Waals surface area contributed by atoms with Gasteiger partial charge in [0.1, 0.15) is 12.3 Å². The summed E-state index contributed by atoms with van der Waals surface area (Å²) < 4.78 is 76.0. The van der Waals surface area contributed by atoms with Crippen molar-refractivity contribution < 1.29 is 31.1 Å². The maximum absolute atomic E-state index is 13.2. The van der Waals surface area contributed by atoms with Crippen molar-refractivity contribution in [1.29, 1.82) is 0 Å². The van der Waals surface area contributed by atoms with E-state index in [1.54, 1.807) is 11.8 Å². The molecule has 1 aliphatic rings. The Morgan fingerprint density at radius 1 is 1.12 bits per heavy atom. The second kappa shape index (κ2) is 10.1. The number of aromatic nitrogens is 2. The number of nitrogens with zero attached hydrogens (tertiary/aromatic N) is 4. The van der Waals surface area contributed by atoms with E-state index in [1.165, 1.54) is 22.6 Å². The van der Waals surface area contributed by atoms with E-state index in [9.17, 15) is 26.4 Å². The van der Waals surface area contributed by atoms with Crippen LogP contribution in [0.1, 0.15) is 12.5 Å². The van der Waals surface area contributed by atoms with Crippen molar-refractivity contribution in [3.8, 4) is 11.4 Å². The maximum Gasteiger partial charge on any atom is 0.416 e. The zero-order valence-electron chi connectivity index (χ0n) is 18.2. The van der Waals surface area contributed by atoms with E-state index in [0.29, 0.717) is 25.4 Å². The van der Waals surface area contributed by atoms with E-state index in [1.807, 2.05) is 0 Å². The first-order valence-corrected chi connectivity index (χ1v) is 12.1. The number of anilines is 1. The van der Waals surface area contributed by atoms with Gasteiger partial charge in [0.25, 0.3) is 0 Å². The molecule has 1 fully saturated rings. The predicted molar refractivity (Wildman–Crippen MR) is 115 cm³/mol. The van der Waals surface area contributed by atoms with Crippen LogP contribution in [0.4, 0.5) is 18.9 Å². The summed E-state index contributed by atoms with van der Waals surface area (Å²) in [5.74, 6) is -0.0880. The Labute approximate surface area is 189 Å². The van der Waals surface area contributed by atoms with E-state index in [2.05, 4.69) is 5.10 Å². The number of hydrogen-bond acceptors (Lipinski definition) is 7. The largest absolute Gasteiger partial charge is 0.484 e. The molecular weight excluding hydrogens is 465 g/mol. The van der Waals surface area contributed by atoms with Crippen LogP contribution in [0.15, 0.2) is 35.3 Å². The minimum absolute atomic E-state index is 0.0476. The fourth-order valence-corrected chi connectivity index (χ4v) is 4.22. The van der Waals surface area contributed by atoms with Crippen LogP contribution in [0.25, 0.3) is 5.69 Å². The fraction of sp³-hybridized carbons (Fsp3) is 0.500. The van der Waals surface area contributed by atoms with Crippen LogP contribution in [-0.4, -0.2) is 74.8 Å². The zero-order chi connectivity index (χ0) is 24.2. The Bertz CT molecular complexity index is 1130. The molecule has 0 radical (unpaired) electrons. The molecule has 1 aromatic carbocycles. The molecule has 0 saturated carbocycles. The number of ether oxygens (including phenoxy) is 2. The van der Waals surface area contributed by atoms with Crippen LogP contribution in [0.2, 0.25) is 0 Å². The lowest BCUT2D eigenvalue weighted by Gasteiger charge is -2.35. The van der Waals surface area contributed by atoms with Crippen LogP contribution >= 0.6 is 0 Å². The minimum Gasteiger partial charge on any atom is -0.484 e. The third kappa shape index (κ3) is 6.03. The van der Waals surface area contributed by atoms with Gasteiger partial charge in [-0.3, -0.25) is 4.79 Å². The Kier molecular flexibility index (Phi) is 7.65. The third-order valence-electron chi connectivity index (χ3n) is 5.06. The number of rotatable bonds is 8. The molecular formula is C20H25F3N4O5S. The van der Waals surface area contributed by atoms with Gasteiger partial charge in [-0.25, -0.2) is 8.42 Å². The molecule has 9 nitrogen and oxygen atoms in total. The van der Waals surface area contributed by atoms with Crippen LogP contribution in [-0.2, 0) is 20.9 Å². The Balaban J connectivity index is 1.96. The Hall–Kier alpha value is -2.64. The lowest BCUT2D eigenvalue weighted by Crippen LogP contribution is -2.48. The van der Waals surface area contributed by atoms with Crippen LogP contribution in [0.3, 0.4) is 0 Å². The number of sulfonamides is 1. The highest BCUT2D eigenvalue weighted by molar-refractivity contribution is 7.88. The highest BCUT2D eigenvalue weighted by atomic mass is 32.2. The molecule has 0 atom stereocenters. The minimum atomic E-state index is -4.57. The highest BCUT2D eigenvalue weighted by Crippen LogP contribution is 2.31. The average molecular weight is 491 g/mol. The van der Waals surface area contributed by atoms with Crippen LogP contribution in [0, 0.1) is 0 Å². The molecule has 13 heteroatoms. The van der Waals surface area contributed by atoms with E-state index < -0.39 is 27.3 Å². The first-order valence-electron chi connectivity index (χ1n) is 10.2. The number of hydrogen-bond donors (Lipinski definition) is 0. The lowest BCUT2D eigenvalue weighted by molar-refractivity contribution is -0.137. The van der Waals surface area contributed by atoms with Crippen molar-refractivity contribution in [1.82, 2.24) is 14.1 Å². The third-order valence-corrected chi connectivity index (χ3v) is 6.36. The number of halogens is 3. The summed E-state index contributed by atoms with van der Waals surface area (Å²) in [6.07, 6.45) is -2.10. The molecule has 1 aliphatic heterocycles. The van der Waals surface area contributed by atoms with Gasteiger partial charge in [-0.15, -0.1) is 0 Å². The van der Waals surface area contributed by atoms with Crippen molar-refractivity contribution in [2.24, 2.45) is 0 Å². The molecule has 0 amide bonds. The second-order valence-corrected chi connectivity index (χ2v) is 9.30. The topological polar surface area (TPSA) is 94.0 Å². The monoisotopic (exact) mass is 490 g/mol. The molecule has 1 aromatic heterocycles. The Morgan fingerprint density at radius 2 is 1.82 bits per heavy atom. The van der Waals surface area contributed by atoms with Gasteiger partial charge in [-0.05, 0) is 25.1 Å². The predicted octanol–water partition coefficient (Wildman–Crippen LogP) is 1.75. The number of benzene rings is 1. The van der Waals surface area contributed by atoms with E-state index >= 15 is 0 Å². The van der Waals surface area contributed by atoms with Gasteiger partial charge >= 0.3 is 11.7 Å². The number of alkyl halides is 3. The normalized spacial score (nSPS) is 15.6. The molecule has 0 aliphatic carbocycles. The zero-order valence-corrected chi connectivity index (χ0v) is 19.0. The van der Waals surface area contributed by atoms with Crippen LogP contribution < -0.4 is 15.2 Å². The van der Waals surface area contributed by atoms with Gasteiger partial charge in [-0.1, -0.05) is 6.07 Å². The van der Waals surface area contributed by atoms with Gasteiger partial charge in [0.2, 0.25) is 15.8 Å². The molecule has 2 heterocycles. The first-order chi connectivity index (χ1) is 15.5. The van der Waals surface area contributed by atoms with Crippen molar-refractivity contribution >= 4 is 15.7 Å². The molecule has 2 aromatic rings. The van der Waals surface area contributed by atoms with Crippen LogP contribution in [0.5, 0.6) is 5.75 Å². The molecule has 0 unspecified atom stereocenters. The van der Waals surface area contributed by atoms with E-state index in [4.69, 9.17) is 9.47 Å². The molecule has 0 N–H and O–H groups in total. The van der Waals surface area contributed by atoms with Gasteiger partial charge in [-0.2, -0.15) is 27.3 Å². The molecule has 0 spiro atoms. The summed E-state index contributed by atoms with van der Waals surface area (Å²) in [6, 6.07) is 4.28.